The minimum absolute atomic E-state index is 0.212. The summed E-state index contributed by atoms with van der Waals surface area (Å²) in [5.41, 5.74) is 2.17. The summed E-state index contributed by atoms with van der Waals surface area (Å²) in [6.45, 7) is 1.83. The van der Waals surface area contributed by atoms with E-state index >= 15 is 0 Å². The third kappa shape index (κ3) is 3.84. The van der Waals surface area contributed by atoms with Crippen LogP contribution in [0.4, 0.5) is 5.69 Å². The average molecular weight is 365 g/mol. The Balaban J connectivity index is 2.24. The number of benzene rings is 2. The van der Waals surface area contributed by atoms with Crippen LogP contribution in [0.3, 0.4) is 0 Å². The molecular weight excluding hydrogens is 352 g/mol. The van der Waals surface area contributed by atoms with E-state index in [0.717, 1.165) is 15.6 Å². The molecule has 0 aliphatic carbocycles. The van der Waals surface area contributed by atoms with E-state index in [2.05, 4.69) is 20.7 Å². The molecule has 0 saturated heterocycles. The highest BCUT2D eigenvalue weighted by Crippen LogP contribution is 2.22. The Bertz CT molecular complexity index is 793. The second-order valence-electron chi connectivity index (χ2n) is 4.55. The first-order valence-corrected chi connectivity index (χ1v) is 8.45. The maximum Gasteiger partial charge on any atom is 0.261 e. The van der Waals surface area contributed by atoms with Crippen LogP contribution in [0.15, 0.2) is 51.8 Å². The first-order chi connectivity index (χ1) is 9.92. The highest BCUT2D eigenvalue weighted by molar-refractivity contribution is 9.10. The molecule has 0 atom stereocenters. The van der Waals surface area contributed by atoms with Crippen molar-refractivity contribution >= 4 is 31.6 Å². The molecule has 2 aromatic carbocycles. The summed E-state index contributed by atoms with van der Waals surface area (Å²) in [5.74, 6) is 0. The fourth-order valence-electron chi connectivity index (χ4n) is 1.78. The van der Waals surface area contributed by atoms with E-state index in [0.29, 0.717) is 12.1 Å². The van der Waals surface area contributed by atoms with Gasteiger partial charge in [0.25, 0.3) is 10.0 Å². The molecular formula is C15H13BrN2O2S. The lowest BCUT2D eigenvalue weighted by Crippen LogP contribution is -2.13. The Morgan fingerprint density at radius 2 is 1.86 bits per heavy atom. The fraction of sp³-hybridized carbons (Fsp3) is 0.133. The normalized spacial score (nSPS) is 10.9. The maximum absolute atomic E-state index is 12.3. The topological polar surface area (TPSA) is 70.0 Å². The molecule has 0 bridgehead atoms. The van der Waals surface area contributed by atoms with Crippen LogP contribution in [-0.2, 0) is 16.4 Å². The van der Waals surface area contributed by atoms with Gasteiger partial charge in [0.1, 0.15) is 0 Å². The number of nitriles is 1. The second-order valence-corrected chi connectivity index (χ2v) is 7.09. The molecule has 0 heterocycles. The summed E-state index contributed by atoms with van der Waals surface area (Å²) >= 11 is 3.34. The number of hydrogen-bond acceptors (Lipinski definition) is 3. The minimum atomic E-state index is -3.61. The van der Waals surface area contributed by atoms with Crippen molar-refractivity contribution in [3.63, 3.8) is 0 Å². The zero-order valence-electron chi connectivity index (χ0n) is 11.3. The summed E-state index contributed by atoms with van der Waals surface area (Å²) in [6, 6.07) is 13.7. The zero-order valence-corrected chi connectivity index (χ0v) is 13.7. The van der Waals surface area contributed by atoms with E-state index in [4.69, 9.17) is 5.26 Å². The number of nitrogens with one attached hydrogen (secondary N) is 1. The lowest BCUT2D eigenvalue weighted by molar-refractivity contribution is 0.601. The SMILES string of the molecule is Cc1cc(S(=O)(=O)Nc2ccc(CC#N)cc2)ccc1Br. The quantitative estimate of drug-likeness (QED) is 0.900. The molecule has 21 heavy (non-hydrogen) atoms. The summed E-state index contributed by atoms with van der Waals surface area (Å²) in [4.78, 5) is 0.212. The standard InChI is InChI=1S/C15H13BrN2O2S/c1-11-10-14(6-7-15(11)16)21(19,20)18-13-4-2-12(3-5-13)8-9-17/h2-7,10,18H,8H2,1H3. The molecule has 0 radical (unpaired) electrons. The first-order valence-electron chi connectivity index (χ1n) is 6.17. The van der Waals surface area contributed by atoms with Crippen molar-refractivity contribution in [1.82, 2.24) is 0 Å². The molecule has 2 aromatic rings. The van der Waals surface area contributed by atoms with Crippen molar-refractivity contribution in [3.05, 3.63) is 58.1 Å². The predicted octanol–water partition coefficient (Wildman–Crippen LogP) is 3.62. The monoisotopic (exact) mass is 364 g/mol. The molecule has 0 unspecified atom stereocenters. The molecule has 2 rings (SSSR count). The Kier molecular flexibility index (Phi) is 4.66. The van der Waals surface area contributed by atoms with E-state index in [1.165, 1.54) is 0 Å². The largest absolute Gasteiger partial charge is 0.280 e. The molecule has 108 valence electrons. The number of sulfonamides is 1. The third-order valence-corrected chi connectivity index (χ3v) is 5.20. The Labute approximate surface area is 132 Å². The van der Waals surface area contributed by atoms with E-state index in [-0.39, 0.29) is 4.90 Å². The van der Waals surface area contributed by atoms with E-state index in [1.54, 1.807) is 42.5 Å². The van der Waals surface area contributed by atoms with Gasteiger partial charge in [-0.1, -0.05) is 28.1 Å². The van der Waals surface area contributed by atoms with Gasteiger partial charge in [-0.05, 0) is 48.4 Å². The van der Waals surface area contributed by atoms with Crippen LogP contribution in [0, 0.1) is 18.3 Å². The number of hydrogen-bond donors (Lipinski definition) is 1. The van der Waals surface area contributed by atoms with Crippen LogP contribution in [-0.4, -0.2) is 8.42 Å². The van der Waals surface area contributed by atoms with Crippen LogP contribution in [0.25, 0.3) is 0 Å². The molecule has 4 nitrogen and oxygen atoms in total. The fourth-order valence-corrected chi connectivity index (χ4v) is 3.17. The summed E-state index contributed by atoms with van der Waals surface area (Å²) in [6.07, 6.45) is 0.305. The minimum Gasteiger partial charge on any atom is -0.280 e. The van der Waals surface area contributed by atoms with Crippen molar-refractivity contribution in [3.8, 4) is 6.07 Å². The maximum atomic E-state index is 12.3. The van der Waals surface area contributed by atoms with Crippen molar-refractivity contribution in [2.45, 2.75) is 18.2 Å². The van der Waals surface area contributed by atoms with Crippen LogP contribution < -0.4 is 4.72 Å². The molecule has 0 amide bonds. The van der Waals surface area contributed by atoms with Crippen molar-refractivity contribution < 1.29 is 8.42 Å². The Morgan fingerprint density at radius 3 is 2.43 bits per heavy atom. The van der Waals surface area contributed by atoms with Crippen molar-refractivity contribution in [2.75, 3.05) is 4.72 Å². The lowest BCUT2D eigenvalue weighted by Gasteiger charge is -2.09. The first kappa shape index (κ1) is 15.5. The van der Waals surface area contributed by atoms with Gasteiger partial charge in [0.05, 0.1) is 17.4 Å². The van der Waals surface area contributed by atoms with Gasteiger partial charge in [0, 0.05) is 10.2 Å². The van der Waals surface area contributed by atoms with Crippen molar-refractivity contribution in [2.24, 2.45) is 0 Å². The predicted molar refractivity (Wildman–Crippen MR) is 85.4 cm³/mol. The van der Waals surface area contributed by atoms with Gasteiger partial charge in [0.15, 0.2) is 0 Å². The summed E-state index contributed by atoms with van der Waals surface area (Å²) in [5, 5.41) is 8.61. The molecule has 0 aromatic heterocycles. The number of nitrogens with zero attached hydrogens (tertiary/aromatic N) is 1. The second kappa shape index (κ2) is 6.29. The van der Waals surface area contributed by atoms with Gasteiger partial charge in [-0.2, -0.15) is 5.26 Å². The van der Waals surface area contributed by atoms with Gasteiger partial charge in [-0.25, -0.2) is 8.42 Å². The van der Waals surface area contributed by atoms with Crippen LogP contribution in [0.1, 0.15) is 11.1 Å². The van der Waals surface area contributed by atoms with Crippen LogP contribution in [0.5, 0.6) is 0 Å². The summed E-state index contributed by atoms with van der Waals surface area (Å²) < 4.78 is 28.0. The molecule has 0 aliphatic heterocycles. The average Bonchev–Trinajstić information content (AvgIpc) is 2.44. The Morgan fingerprint density at radius 1 is 1.19 bits per heavy atom. The molecule has 0 saturated carbocycles. The number of anilines is 1. The molecule has 0 fully saturated rings. The van der Waals surface area contributed by atoms with E-state index in [9.17, 15) is 8.42 Å². The van der Waals surface area contributed by atoms with Crippen LogP contribution >= 0.6 is 15.9 Å². The van der Waals surface area contributed by atoms with Gasteiger partial charge >= 0.3 is 0 Å². The number of aryl methyl sites for hydroxylation is 1. The van der Waals surface area contributed by atoms with Gasteiger partial charge in [-0.15, -0.1) is 0 Å². The summed E-state index contributed by atoms with van der Waals surface area (Å²) in [7, 11) is -3.61. The molecule has 1 N–H and O–H groups in total. The van der Waals surface area contributed by atoms with Gasteiger partial charge < -0.3 is 0 Å². The highest BCUT2D eigenvalue weighted by Gasteiger charge is 2.14. The van der Waals surface area contributed by atoms with Crippen LogP contribution in [0.2, 0.25) is 0 Å². The smallest absolute Gasteiger partial charge is 0.261 e. The number of rotatable bonds is 4. The van der Waals surface area contributed by atoms with Gasteiger partial charge in [-0.3, -0.25) is 4.72 Å². The zero-order chi connectivity index (χ0) is 15.5. The molecule has 0 spiro atoms. The van der Waals surface area contributed by atoms with Gasteiger partial charge in [0.2, 0.25) is 0 Å². The molecule has 0 aliphatic rings. The third-order valence-electron chi connectivity index (χ3n) is 2.93. The van der Waals surface area contributed by atoms with E-state index < -0.39 is 10.0 Å². The van der Waals surface area contributed by atoms with Crippen molar-refractivity contribution in [1.29, 1.82) is 5.26 Å². The molecule has 6 heteroatoms. The lowest BCUT2D eigenvalue weighted by atomic mass is 10.1. The Hall–Kier alpha value is -1.84. The van der Waals surface area contributed by atoms with E-state index in [1.807, 2.05) is 13.0 Å². The number of halogens is 1. The highest BCUT2D eigenvalue weighted by atomic mass is 79.9.